The van der Waals surface area contributed by atoms with Crippen LogP contribution in [-0.2, 0) is 15.4 Å². The second kappa shape index (κ2) is 13.0. The van der Waals surface area contributed by atoms with Crippen LogP contribution in [0, 0.1) is 5.82 Å². The number of hydrogen-bond acceptors (Lipinski definition) is 7. The van der Waals surface area contributed by atoms with E-state index < -0.39 is 21.2 Å². The predicted molar refractivity (Wildman–Crippen MR) is 200 cm³/mol. The highest BCUT2D eigenvalue weighted by Crippen LogP contribution is 2.44. The molecule has 250 valence electrons. The number of thiazole rings is 1. The van der Waals surface area contributed by atoms with Gasteiger partial charge in [0.15, 0.2) is 9.84 Å². The van der Waals surface area contributed by atoms with Gasteiger partial charge in [-0.2, -0.15) is 5.10 Å². The van der Waals surface area contributed by atoms with Gasteiger partial charge in [-0.3, -0.25) is 4.68 Å². The molecule has 0 fully saturated rings. The molecule has 0 aliphatic rings. The van der Waals surface area contributed by atoms with Gasteiger partial charge in [0, 0.05) is 34.0 Å². The first-order chi connectivity index (χ1) is 24.7. The van der Waals surface area contributed by atoms with E-state index in [9.17, 15) is 8.42 Å². The number of sulfone groups is 1. The van der Waals surface area contributed by atoms with E-state index in [2.05, 4.69) is 51.4 Å². The molecular weight excluding hydrogens is 701 g/mol. The van der Waals surface area contributed by atoms with E-state index in [1.807, 2.05) is 83.7 Å². The molecular formula is C40H27ClFN5O2S2. The molecule has 0 N–H and O–H groups in total. The molecule has 0 atom stereocenters. The number of benzene rings is 5. The maximum atomic E-state index is 15.9. The highest BCUT2D eigenvalue weighted by atomic mass is 35.5. The van der Waals surface area contributed by atoms with E-state index in [-0.39, 0.29) is 14.8 Å². The minimum absolute atomic E-state index is 0.140. The van der Waals surface area contributed by atoms with Crippen LogP contribution in [0.3, 0.4) is 0 Å². The minimum atomic E-state index is -3.46. The fourth-order valence-corrected chi connectivity index (χ4v) is 8.41. The van der Waals surface area contributed by atoms with Crippen molar-refractivity contribution in [2.45, 2.75) is 9.75 Å². The van der Waals surface area contributed by atoms with E-state index in [0.29, 0.717) is 32.9 Å². The molecule has 0 aliphatic heterocycles. The van der Waals surface area contributed by atoms with E-state index in [1.54, 1.807) is 12.1 Å². The zero-order valence-electron chi connectivity index (χ0n) is 27.0. The summed E-state index contributed by atoms with van der Waals surface area (Å²) in [5.74, 6) is -0.514. The topological polar surface area (TPSA) is 90.6 Å². The van der Waals surface area contributed by atoms with Crippen LogP contribution in [0.15, 0.2) is 150 Å². The smallest absolute Gasteiger partial charge is 0.186 e. The number of nitrogens with zero attached hydrogens (tertiary/aromatic N) is 5. The minimum Gasteiger partial charge on any atom is -0.252 e. The molecule has 11 heteroatoms. The summed E-state index contributed by atoms with van der Waals surface area (Å²) in [5.41, 5.74) is 5.08. The Morgan fingerprint density at radius 3 is 1.92 bits per heavy atom. The summed E-state index contributed by atoms with van der Waals surface area (Å²) in [6, 6.07) is 40.6. The lowest BCUT2D eigenvalue weighted by atomic mass is 9.77. The molecule has 0 aliphatic carbocycles. The largest absolute Gasteiger partial charge is 0.252 e. The van der Waals surface area contributed by atoms with Crippen molar-refractivity contribution in [1.82, 2.24) is 24.7 Å². The summed E-state index contributed by atoms with van der Waals surface area (Å²) in [4.78, 5) is 13.4. The molecule has 51 heavy (non-hydrogen) atoms. The Morgan fingerprint density at radius 2 is 1.35 bits per heavy atom. The first-order valence-electron chi connectivity index (χ1n) is 15.9. The molecule has 0 radical (unpaired) electrons. The van der Waals surface area contributed by atoms with Crippen molar-refractivity contribution >= 4 is 43.7 Å². The van der Waals surface area contributed by atoms with Crippen LogP contribution < -0.4 is 0 Å². The summed E-state index contributed by atoms with van der Waals surface area (Å²) < 4.78 is 42.6. The van der Waals surface area contributed by atoms with E-state index in [4.69, 9.17) is 16.7 Å². The van der Waals surface area contributed by atoms with Gasteiger partial charge >= 0.3 is 0 Å². The molecule has 0 saturated heterocycles. The summed E-state index contributed by atoms with van der Waals surface area (Å²) >= 11 is 7.27. The van der Waals surface area contributed by atoms with Crippen molar-refractivity contribution in [3.05, 3.63) is 174 Å². The maximum absolute atomic E-state index is 15.9. The van der Waals surface area contributed by atoms with Gasteiger partial charge in [0.05, 0.1) is 11.7 Å². The Balaban J connectivity index is 1.43. The second-order valence-corrected chi connectivity index (χ2v) is 15.7. The Hall–Kier alpha value is -5.55. The van der Waals surface area contributed by atoms with Crippen molar-refractivity contribution in [2.24, 2.45) is 0 Å². The summed E-state index contributed by atoms with van der Waals surface area (Å²) in [6.07, 6.45) is 5.87. The lowest BCUT2D eigenvalue weighted by Crippen LogP contribution is -2.38. The Kier molecular flexibility index (Phi) is 8.30. The fraction of sp³-hybridized carbons (Fsp3) is 0.0500. The standard InChI is InChI=1S/C40H27ClFN5O2S2/c1-51(48,49)36-23-43-39(50-36)38-32-21-26(17-20-35(32)44-25-45-38)33-24-47(46-37(33)31-19-18-30(41)22-34(31)42)40(27-11-5-2-6-12-27,28-13-7-3-8-14-28)29-15-9-4-10-16-29/h2-25H,1H3. The number of hydrogen-bond donors (Lipinski definition) is 0. The first-order valence-corrected chi connectivity index (χ1v) is 19.0. The third-order valence-electron chi connectivity index (χ3n) is 8.82. The van der Waals surface area contributed by atoms with E-state index in [0.717, 1.165) is 39.8 Å². The lowest BCUT2D eigenvalue weighted by molar-refractivity contribution is 0.461. The average Bonchev–Trinajstić information content (AvgIpc) is 3.82. The quantitative estimate of drug-likeness (QED) is 0.145. The molecule has 0 amide bonds. The van der Waals surface area contributed by atoms with Crippen LogP contribution in [0.1, 0.15) is 16.7 Å². The molecule has 0 spiro atoms. The first kappa shape index (κ1) is 32.6. The number of aromatic nitrogens is 5. The highest BCUT2D eigenvalue weighted by Gasteiger charge is 2.40. The fourth-order valence-electron chi connectivity index (χ4n) is 6.51. The normalized spacial score (nSPS) is 12.0. The van der Waals surface area contributed by atoms with Crippen molar-refractivity contribution in [1.29, 1.82) is 0 Å². The van der Waals surface area contributed by atoms with Gasteiger partial charge in [-0.15, -0.1) is 11.3 Å². The average molecular weight is 728 g/mol. The van der Waals surface area contributed by atoms with Crippen LogP contribution in [-0.4, -0.2) is 39.4 Å². The van der Waals surface area contributed by atoms with Gasteiger partial charge in [-0.1, -0.05) is 109 Å². The molecule has 8 aromatic rings. The van der Waals surface area contributed by atoms with Gasteiger partial charge in [0.25, 0.3) is 0 Å². The Morgan fingerprint density at radius 1 is 0.725 bits per heavy atom. The van der Waals surface area contributed by atoms with Crippen molar-refractivity contribution in [2.75, 3.05) is 6.26 Å². The lowest BCUT2D eigenvalue weighted by Gasteiger charge is -2.36. The summed E-state index contributed by atoms with van der Waals surface area (Å²) in [6.45, 7) is 0. The molecule has 8 rings (SSSR count). The number of fused-ring (bicyclic) bond motifs is 1. The Bertz CT molecular complexity index is 2550. The predicted octanol–water partition coefficient (Wildman–Crippen LogP) is 9.32. The zero-order valence-corrected chi connectivity index (χ0v) is 29.4. The monoisotopic (exact) mass is 727 g/mol. The third kappa shape index (κ3) is 5.81. The van der Waals surface area contributed by atoms with Crippen LogP contribution in [0.25, 0.3) is 44.0 Å². The van der Waals surface area contributed by atoms with Crippen LogP contribution in [0.5, 0.6) is 0 Å². The molecule has 0 bridgehead atoms. The molecule has 3 aromatic heterocycles. The SMILES string of the molecule is CS(=O)(=O)c1cnc(-c2ncnc3ccc(-c4cn(C(c5ccccc5)(c5ccccc5)c5ccccc5)nc4-c4ccc(Cl)cc4F)cc23)s1. The van der Waals surface area contributed by atoms with Crippen molar-refractivity contribution in [3.63, 3.8) is 0 Å². The number of halogens is 2. The van der Waals surface area contributed by atoms with Gasteiger partial charge in [-0.25, -0.2) is 27.8 Å². The van der Waals surface area contributed by atoms with Crippen LogP contribution >= 0.6 is 22.9 Å². The molecule has 0 saturated carbocycles. The van der Waals surface area contributed by atoms with Crippen LogP contribution in [0.2, 0.25) is 5.02 Å². The summed E-state index contributed by atoms with van der Waals surface area (Å²) in [5, 5.41) is 6.63. The number of rotatable bonds is 8. The molecule has 7 nitrogen and oxygen atoms in total. The second-order valence-electron chi connectivity index (χ2n) is 12.0. The van der Waals surface area contributed by atoms with Gasteiger partial charge in [0.2, 0.25) is 0 Å². The van der Waals surface area contributed by atoms with Crippen molar-refractivity contribution in [3.8, 4) is 33.1 Å². The maximum Gasteiger partial charge on any atom is 0.186 e. The third-order valence-corrected chi connectivity index (χ3v) is 11.8. The molecule has 5 aromatic carbocycles. The van der Waals surface area contributed by atoms with E-state index >= 15 is 4.39 Å². The van der Waals surface area contributed by atoms with E-state index in [1.165, 1.54) is 18.6 Å². The summed E-state index contributed by atoms with van der Waals surface area (Å²) in [7, 11) is -3.46. The van der Waals surface area contributed by atoms with Crippen molar-refractivity contribution < 1.29 is 12.8 Å². The molecule has 0 unspecified atom stereocenters. The zero-order chi connectivity index (χ0) is 35.2. The van der Waals surface area contributed by atoms with Gasteiger partial charge < -0.3 is 0 Å². The van der Waals surface area contributed by atoms with Gasteiger partial charge in [0.1, 0.15) is 38.3 Å². The van der Waals surface area contributed by atoms with Crippen LogP contribution in [0.4, 0.5) is 4.39 Å². The highest BCUT2D eigenvalue weighted by molar-refractivity contribution is 7.92. The molecule has 3 heterocycles. The Labute approximate surface area is 302 Å². The van der Waals surface area contributed by atoms with Gasteiger partial charge in [-0.05, 0) is 52.6 Å².